The smallest absolute Gasteiger partial charge is 0.285 e. The highest BCUT2D eigenvalue weighted by Gasteiger charge is 2.16. The Balaban J connectivity index is 1.57. The molecule has 0 bridgehead atoms. The van der Waals surface area contributed by atoms with Gasteiger partial charge in [0.2, 0.25) is 0 Å². The molecular weight excluding hydrogens is 298 g/mol. The van der Waals surface area contributed by atoms with Crippen molar-refractivity contribution in [3.8, 4) is 10.4 Å². The number of ether oxygens (including phenoxy) is 1. The molecule has 0 spiro atoms. The van der Waals surface area contributed by atoms with Crippen molar-refractivity contribution in [3.63, 3.8) is 0 Å². The Morgan fingerprint density at radius 1 is 1.14 bits per heavy atom. The highest BCUT2D eigenvalue weighted by atomic mass is 32.1. The van der Waals surface area contributed by atoms with Crippen LogP contribution in [-0.4, -0.2) is 18.8 Å². The van der Waals surface area contributed by atoms with Gasteiger partial charge in [0.25, 0.3) is 5.91 Å². The molecule has 1 fully saturated rings. The van der Waals surface area contributed by atoms with E-state index in [1.165, 1.54) is 11.3 Å². The van der Waals surface area contributed by atoms with Crippen LogP contribution in [0.5, 0.6) is 0 Å². The summed E-state index contributed by atoms with van der Waals surface area (Å²) in [4.78, 5) is 19.2. The highest BCUT2D eigenvalue weighted by Crippen LogP contribution is 2.27. The third-order valence-electron chi connectivity index (χ3n) is 3.56. The van der Waals surface area contributed by atoms with Crippen molar-refractivity contribution in [1.82, 2.24) is 5.48 Å². The Morgan fingerprint density at radius 2 is 2.00 bits per heavy atom. The molecule has 1 aliphatic heterocycles. The van der Waals surface area contributed by atoms with Crippen LogP contribution in [0.15, 0.2) is 42.5 Å². The fourth-order valence-electron chi connectivity index (χ4n) is 2.37. The Kier molecular flexibility index (Phi) is 5.21. The van der Waals surface area contributed by atoms with Crippen LogP contribution in [0.4, 0.5) is 0 Å². The molecule has 0 radical (unpaired) electrons. The van der Waals surface area contributed by atoms with Gasteiger partial charge in [-0.1, -0.05) is 36.8 Å². The predicted octanol–water partition coefficient (Wildman–Crippen LogP) is 3.99. The van der Waals surface area contributed by atoms with E-state index in [0.717, 1.165) is 36.1 Å². The van der Waals surface area contributed by atoms with E-state index < -0.39 is 0 Å². The number of amides is 1. The van der Waals surface area contributed by atoms with E-state index in [4.69, 9.17) is 9.57 Å². The summed E-state index contributed by atoms with van der Waals surface area (Å²) >= 11 is 1.45. The number of thiophene rings is 1. The van der Waals surface area contributed by atoms with Gasteiger partial charge in [-0.3, -0.25) is 4.79 Å². The van der Waals surface area contributed by atoms with Crippen LogP contribution in [0.2, 0.25) is 0 Å². The normalized spacial score (nSPS) is 18.6. The maximum atomic E-state index is 12.1. The predicted molar refractivity (Wildman–Crippen MR) is 86.5 cm³/mol. The van der Waals surface area contributed by atoms with Gasteiger partial charge in [0.1, 0.15) is 0 Å². The van der Waals surface area contributed by atoms with Crippen LogP contribution in [0.1, 0.15) is 35.4 Å². The monoisotopic (exact) mass is 317 g/mol. The average molecular weight is 317 g/mol. The van der Waals surface area contributed by atoms with Crippen molar-refractivity contribution < 1.29 is 14.4 Å². The van der Waals surface area contributed by atoms with E-state index in [-0.39, 0.29) is 12.2 Å². The molecular formula is C17H19NO3S. The molecule has 1 amide bonds. The molecule has 2 heterocycles. The zero-order valence-electron chi connectivity index (χ0n) is 12.3. The molecule has 0 saturated carbocycles. The zero-order chi connectivity index (χ0) is 15.2. The lowest BCUT2D eigenvalue weighted by Gasteiger charge is -2.15. The van der Waals surface area contributed by atoms with Crippen molar-refractivity contribution in [2.45, 2.75) is 32.0 Å². The maximum absolute atomic E-state index is 12.1. The first kappa shape index (κ1) is 15.2. The number of benzene rings is 1. The van der Waals surface area contributed by atoms with E-state index in [2.05, 4.69) is 5.48 Å². The number of carbonyl (C=O) groups excluding carboxylic acids is 1. The summed E-state index contributed by atoms with van der Waals surface area (Å²) in [5.41, 5.74) is 3.62. The minimum absolute atomic E-state index is 0.222. The highest BCUT2D eigenvalue weighted by molar-refractivity contribution is 7.17. The summed E-state index contributed by atoms with van der Waals surface area (Å²) in [5, 5.41) is 0. The van der Waals surface area contributed by atoms with E-state index >= 15 is 0 Å². The van der Waals surface area contributed by atoms with E-state index in [1.807, 2.05) is 42.5 Å². The largest absolute Gasteiger partial charge is 0.350 e. The van der Waals surface area contributed by atoms with Crippen LogP contribution >= 0.6 is 11.3 Å². The summed E-state index contributed by atoms with van der Waals surface area (Å²) < 4.78 is 5.53. The van der Waals surface area contributed by atoms with E-state index in [9.17, 15) is 4.79 Å². The molecule has 5 heteroatoms. The Bertz CT molecular complexity index is 603. The third kappa shape index (κ3) is 3.94. The first-order valence-electron chi connectivity index (χ1n) is 7.56. The molecule has 2 aromatic rings. The maximum Gasteiger partial charge on any atom is 0.285 e. The molecule has 1 atom stereocenters. The number of hydroxylamine groups is 1. The van der Waals surface area contributed by atoms with Gasteiger partial charge in [-0.05, 0) is 30.5 Å². The van der Waals surface area contributed by atoms with Gasteiger partial charge in [-0.15, -0.1) is 11.3 Å². The van der Waals surface area contributed by atoms with Gasteiger partial charge in [-0.25, -0.2) is 10.3 Å². The summed E-state index contributed by atoms with van der Waals surface area (Å²) in [6.45, 7) is 0.692. The average Bonchev–Trinajstić information content (AvgIpc) is 2.91. The molecule has 1 aromatic carbocycles. The van der Waals surface area contributed by atoms with Crippen molar-refractivity contribution in [3.05, 3.63) is 47.3 Å². The minimum atomic E-state index is -0.333. The quantitative estimate of drug-likeness (QED) is 0.867. The summed E-state index contributed by atoms with van der Waals surface area (Å²) in [7, 11) is 0. The Morgan fingerprint density at radius 3 is 2.86 bits per heavy atom. The fourth-order valence-corrected chi connectivity index (χ4v) is 3.27. The molecule has 0 aliphatic carbocycles. The first-order valence-corrected chi connectivity index (χ1v) is 8.37. The zero-order valence-corrected chi connectivity index (χ0v) is 13.1. The van der Waals surface area contributed by atoms with Crippen molar-refractivity contribution in [2.75, 3.05) is 6.61 Å². The number of rotatable bonds is 4. The summed E-state index contributed by atoms with van der Waals surface area (Å²) in [6, 6.07) is 13.8. The third-order valence-corrected chi connectivity index (χ3v) is 4.69. The second-order valence-corrected chi connectivity index (χ2v) is 6.31. The molecule has 22 heavy (non-hydrogen) atoms. The first-order chi connectivity index (χ1) is 10.8. The second kappa shape index (κ2) is 7.54. The topological polar surface area (TPSA) is 47.6 Å². The summed E-state index contributed by atoms with van der Waals surface area (Å²) in [5.74, 6) is -0.222. The molecule has 4 nitrogen and oxygen atoms in total. The fraction of sp³-hybridized carbons (Fsp3) is 0.353. The van der Waals surface area contributed by atoms with Crippen LogP contribution in [0.3, 0.4) is 0 Å². The van der Waals surface area contributed by atoms with Gasteiger partial charge in [0.05, 0.1) is 4.88 Å². The van der Waals surface area contributed by atoms with Gasteiger partial charge < -0.3 is 4.74 Å². The minimum Gasteiger partial charge on any atom is -0.350 e. The number of hydrogen-bond donors (Lipinski definition) is 1. The van der Waals surface area contributed by atoms with Crippen molar-refractivity contribution >= 4 is 17.2 Å². The molecule has 1 unspecified atom stereocenters. The van der Waals surface area contributed by atoms with Crippen LogP contribution < -0.4 is 5.48 Å². The van der Waals surface area contributed by atoms with Gasteiger partial charge >= 0.3 is 0 Å². The number of carbonyl (C=O) groups is 1. The SMILES string of the molecule is O=C(NOC1CCCCCO1)c1ccc(-c2ccccc2)s1. The van der Waals surface area contributed by atoms with Crippen molar-refractivity contribution in [1.29, 1.82) is 0 Å². The molecule has 1 saturated heterocycles. The van der Waals surface area contributed by atoms with Crippen LogP contribution in [0, 0.1) is 0 Å². The Hall–Kier alpha value is -1.69. The number of hydrogen-bond acceptors (Lipinski definition) is 4. The lowest BCUT2D eigenvalue weighted by atomic mass is 10.2. The van der Waals surface area contributed by atoms with Gasteiger partial charge in [0.15, 0.2) is 6.29 Å². The standard InChI is InChI=1S/C17H19NO3S/c19-17(18-21-16-9-5-2-6-12-20-16)15-11-10-14(22-15)13-7-3-1-4-8-13/h1,3-4,7-8,10-11,16H,2,5-6,9,12H2,(H,18,19). The van der Waals surface area contributed by atoms with Crippen LogP contribution in [0.25, 0.3) is 10.4 Å². The second-order valence-electron chi connectivity index (χ2n) is 5.23. The van der Waals surface area contributed by atoms with E-state index in [1.54, 1.807) is 0 Å². The Labute approximate surface area is 134 Å². The molecule has 116 valence electrons. The molecule has 1 N–H and O–H groups in total. The van der Waals surface area contributed by atoms with Crippen LogP contribution in [-0.2, 0) is 9.57 Å². The molecule has 3 rings (SSSR count). The summed E-state index contributed by atoms with van der Waals surface area (Å²) in [6.07, 6.45) is 3.76. The lowest BCUT2D eigenvalue weighted by Crippen LogP contribution is -2.30. The van der Waals surface area contributed by atoms with E-state index in [0.29, 0.717) is 11.5 Å². The van der Waals surface area contributed by atoms with Crippen molar-refractivity contribution in [2.24, 2.45) is 0 Å². The lowest BCUT2D eigenvalue weighted by molar-refractivity contribution is -0.167. The molecule has 1 aliphatic rings. The van der Waals surface area contributed by atoms with Gasteiger partial charge in [-0.2, -0.15) is 0 Å². The molecule has 1 aromatic heterocycles. The number of nitrogens with one attached hydrogen (secondary N) is 1. The van der Waals surface area contributed by atoms with Gasteiger partial charge in [0, 0.05) is 17.9 Å².